The largest absolute Gasteiger partial charge is 0.103 e. The van der Waals surface area contributed by atoms with Crippen LogP contribution in [0.4, 0.5) is 0 Å². The van der Waals surface area contributed by atoms with Gasteiger partial charge in [0.1, 0.15) is 0 Å². The van der Waals surface area contributed by atoms with Crippen molar-refractivity contribution in [2.24, 2.45) is 29.1 Å². The monoisotopic (exact) mass is 270 g/mol. The third-order valence-corrected chi connectivity index (χ3v) is 7.65. The van der Waals surface area contributed by atoms with Crippen molar-refractivity contribution < 1.29 is 0 Å². The first kappa shape index (κ1) is 13.2. The van der Waals surface area contributed by atoms with Gasteiger partial charge in [0.2, 0.25) is 0 Å². The summed E-state index contributed by atoms with van der Waals surface area (Å²) in [5, 5.41) is 0. The summed E-state index contributed by atoms with van der Waals surface area (Å²) < 4.78 is 0. The van der Waals surface area contributed by atoms with Gasteiger partial charge in [0.25, 0.3) is 0 Å². The van der Waals surface area contributed by atoms with Gasteiger partial charge in [-0.1, -0.05) is 24.1 Å². The molecule has 0 amide bonds. The lowest BCUT2D eigenvalue weighted by Crippen LogP contribution is -2.43. The van der Waals surface area contributed by atoms with Crippen molar-refractivity contribution in [3.8, 4) is 0 Å². The second kappa shape index (κ2) is 4.75. The SMILES string of the molecule is C=CC1CCC2C3CCC4=C(CCCC4)C3CCC12C. The average Bonchev–Trinajstić information content (AvgIpc) is 2.83. The van der Waals surface area contributed by atoms with E-state index in [-0.39, 0.29) is 0 Å². The Morgan fingerprint density at radius 3 is 2.75 bits per heavy atom. The molecule has 4 aliphatic rings. The lowest BCUT2D eigenvalue weighted by molar-refractivity contribution is 0.0243. The van der Waals surface area contributed by atoms with Gasteiger partial charge < -0.3 is 0 Å². The van der Waals surface area contributed by atoms with Gasteiger partial charge in [-0.3, -0.25) is 0 Å². The van der Waals surface area contributed by atoms with E-state index in [0.29, 0.717) is 5.41 Å². The van der Waals surface area contributed by atoms with E-state index in [1.54, 1.807) is 0 Å². The highest BCUT2D eigenvalue weighted by atomic mass is 14.6. The molecule has 0 aromatic rings. The molecule has 4 aliphatic carbocycles. The van der Waals surface area contributed by atoms with Crippen LogP contribution in [0.5, 0.6) is 0 Å². The van der Waals surface area contributed by atoms with E-state index < -0.39 is 0 Å². The van der Waals surface area contributed by atoms with Crippen LogP contribution in [0.3, 0.4) is 0 Å². The van der Waals surface area contributed by atoms with E-state index in [0.717, 1.165) is 23.7 Å². The normalized spacial score (nSPS) is 47.5. The summed E-state index contributed by atoms with van der Waals surface area (Å²) in [5.41, 5.74) is 4.45. The second-order valence-corrected chi connectivity index (χ2v) is 8.22. The van der Waals surface area contributed by atoms with E-state index in [1.807, 2.05) is 11.1 Å². The average molecular weight is 270 g/mol. The van der Waals surface area contributed by atoms with Crippen molar-refractivity contribution in [2.45, 2.75) is 71.1 Å². The minimum Gasteiger partial charge on any atom is -0.103 e. The summed E-state index contributed by atoms with van der Waals surface area (Å²) in [5.74, 6) is 3.81. The van der Waals surface area contributed by atoms with Crippen LogP contribution in [-0.4, -0.2) is 0 Å². The fourth-order valence-electron chi connectivity index (χ4n) is 6.62. The zero-order valence-corrected chi connectivity index (χ0v) is 13.2. The van der Waals surface area contributed by atoms with Crippen molar-refractivity contribution in [1.29, 1.82) is 0 Å². The van der Waals surface area contributed by atoms with Gasteiger partial charge in [-0.2, -0.15) is 0 Å². The van der Waals surface area contributed by atoms with Gasteiger partial charge >= 0.3 is 0 Å². The third kappa shape index (κ3) is 1.72. The molecule has 0 nitrogen and oxygen atoms in total. The number of rotatable bonds is 1. The van der Waals surface area contributed by atoms with E-state index in [2.05, 4.69) is 19.6 Å². The Kier molecular flexibility index (Phi) is 3.13. The Bertz CT molecular complexity index is 443. The first-order chi connectivity index (χ1) is 9.74. The highest BCUT2D eigenvalue weighted by molar-refractivity contribution is 5.26. The molecule has 0 bridgehead atoms. The molecule has 0 heteroatoms. The van der Waals surface area contributed by atoms with Crippen LogP contribution in [0, 0.1) is 29.1 Å². The Labute approximate surface area is 124 Å². The van der Waals surface area contributed by atoms with Crippen molar-refractivity contribution in [1.82, 2.24) is 0 Å². The number of hydrogen-bond acceptors (Lipinski definition) is 0. The second-order valence-electron chi connectivity index (χ2n) is 8.22. The Balaban J connectivity index is 1.65. The Hall–Kier alpha value is -0.520. The molecule has 110 valence electrons. The van der Waals surface area contributed by atoms with Gasteiger partial charge in [0.15, 0.2) is 0 Å². The summed E-state index contributed by atoms with van der Waals surface area (Å²) in [6.45, 7) is 6.73. The zero-order valence-electron chi connectivity index (χ0n) is 13.2. The summed E-state index contributed by atoms with van der Waals surface area (Å²) in [7, 11) is 0. The van der Waals surface area contributed by atoms with Crippen molar-refractivity contribution in [3.05, 3.63) is 23.8 Å². The highest BCUT2D eigenvalue weighted by Crippen LogP contribution is 2.63. The van der Waals surface area contributed by atoms with Crippen LogP contribution >= 0.6 is 0 Å². The fraction of sp³-hybridized carbons (Fsp3) is 0.800. The molecule has 0 radical (unpaired) electrons. The molecule has 5 atom stereocenters. The summed E-state index contributed by atoms with van der Waals surface area (Å²) in [4.78, 5) is 0. The molecule has 5 unspecified atom stereocenters. The van der Waals surface area contributed by atoms with Crippen LogP contribution in [0.15, 0.2) is 23.8 Å². The van der Waals surface area contributed by atoms with Crippen LogP contribution < -0.4 is 0 Å². The lowest BCUT2D eigenvalue weighted by Gasteiger charge is -2.52. The predicted molar refractivity (Wildman–Crippen MR) is 85.5 cm³/mol. The third-order valence-electron chi connectivity index (χ3n) is 7.65. The van der Waals surface area contributed by atoms with E-state index in [4.69, 9.17) is 0 Å². The molecule has 0 aliphatic heterocycles. The van der Waals surface area contributed by atoms with Crippen molar-refractivity contribution in [2.75, 3.05) is 0 Å². The molecule has 0 heterocycles. The predicted octanol–water partition coefficient (Wildman–Crippen LogP) is 5.90. The van der Waals surface area contributed by atoms with Gasteiger partial charge in [-0.15, -0.1) is 6.58 Å². The van der Waals surface area contributed by atoms with Crippen LogP contribution in [0.25, 0.3) is 0 Å². The standard InChI is InChI=1S/C20H30/c1-3-15-9-11-19-18-10-8-14-6-4-5-7-16(14)17(18)12-13-20(15,19)2/h3,15,17-19H,1,4-13H2,2H3. The molecule has 0 aromatic carbocycles. The number of allylic oxidation sites excluding steroid dienone is 3. The highest BCUT2D eigenvalue weighted by Gasteiger charge is 2.54. The van der Waals surface area contributed by atoms with E-state index in [9.17, 15) is 0 Å². The van der Waals surface area contributed by atoms with Crippen LogP contribution in [0.1, 0.15) is 71.1 Å². The van der Waals surface area contributed by atoms with Gasteiger partial charge in [-0.25, -0.2) is 0 Å². The molecular weight excluding hydrogens is 240 g/mol. The maximum atomic E-state index is 4.14. The topological polar surface area (TPSA) is 0 Å². The molecule has 0 spiro atoms. The van der Waals surface area contributed by atoms with E-state index in [1.165, 1.54) is 64.2 Å². The summed E-state index contributed by atoms with van der Waals surface area (Å²) >= 11 is 0. The quantitative estimate of drug-likeness (QED) is 0.521. The summed E-state index contributed by atoms with van der Waals surface area (Å²) in [6.07, 6.45) is 16.9. The van der Waals surface area contributed by atoms with Crippen LogP contribution in [-0.2, 0) is 0 Å². The molecule has 2 fully saturated rings. The Morgan fingerprint density at radius 1 is 1.05 bits per heavy atom. The van der Waals surface area contributed by atoms with Gasteiger partial charge in [0, 0.05) is 0 Å². The first-order valence-corrected chi connectivity index (χ1v) is 9.07. The van der Waals surface area contributed by atoms with Gasteiger partial charge in [-0.05, 0) is 93.3 Å². The maximum absolute atomic E-state index is 4.14. The summed E-state index contributed by atoms with van der Waals surface area (Å²) in [6, 6.07) is 0. The molecule has 0 N–H and O–H groups in total. The molecule has 0 saturated heterocycles. The lowest BCUT2D eigenvalue weighted by atomic mass is 9.53. The first-order valence-electron chi connectivity index (χ1n) is 9.07. The van der Waals surface area contributed by atoms with Crippen molar-refractivity contribution in [3.63, 3.8) is 0 Å². The minimum atomic E-state index is 0.593. The van der Waals surface area contributed by atoms with Crippen LogP contribution in [0.2, 0.25) is 0 Å². The molecule has 4 rings (SSSR count). The fourth-order valence-corrected chi connectivity index (χ4v) is 6.62. The zero-order chi connectivity index (χ0) is 13.7. The smallest absolute Gasteiger partial charge is 0.0169 e. The van der Waals surface area contributed by atoms with Gasteiger partial charge in [0.05, 0.1) is 0 Å². The van der Waals surface area contributed by atoms with E-state index >= 15 is 0 Å². The minimum absolute atomic E-state index is 0.593. The molecule has 20 heavy (non-hydrogen) atoms. The van der Waals surface area contributed by atoms with Crippen molar-refractivity contribution >= 4 is 0 Å². The number of fused-ring (bicyclic) bond motifs is 4. The number of hydrogen-bond donors (Lipinski definition) is 0. The maximum Gasteiger partial charge on any atom is -0.0169 e. The molecule has 0 aromatic heterocycles. The molecular formula is C20H30. The molecule has 2 saturated carbocycles. The Morgan fingerprint density at radius 2 is 1.90 bits per heavy atom.